The number of rotatable bonds is 4. The molecular weight excluding hydrogens is 226 g/mol. The van der Waals surface area contributed by atoms with E-state index >= 15 is 0 Å². The van der Waals surface area contributed by atoms with Crippen molar-refractivity contribution in [3.05, 3.63) is 34.9 Å². The molecule has 1 rings (SSSR count). The second kappa shape index (κ2) is 4.85. The fourth-order valence-electron chi connectivity index (χ4n) is 1.72. The Kier molecular flexibility index (Phi) is 3.94. The molecule has 0 unspecified atom stereocenters. The minimum atomic E-state index is -1.33. The third-order valence-electron chi connectivity index (χ3n) is 2.47. The highest BCUT2D eigenvalue weighted by atomic mass is 35.5. The fraction of sp³-hybridized carbons (Fsp3) is 0.417. The number of benzene rings is 1. The minimum Gasteiger partial charge on any atom is -0.480 e. The standard InChI is InChI=1S/C12H16ClNO2/c1-8(2)7-12(14,11(15)16)9-3-5-10(13)6-4-9/h3-6,8H,7,14H2,1-2H3,(H,15,16)/t12-/m1/s1. The quantitative estimate of drug-likeness (QED) is 0.852. The predicted octanol–water partition coefficient (Wildman–Crippen LogP) is 2.62. The molecule has 0 aliphatic rings. The van der Waals surface area contributed by atoms with Crippen LogP contribution in [0.3, 0.4) is 0 Å². The molecule has 0 fully saturated rings. The number of hydrogen-bond donors (Lipinski definition) is 2. The highest BCUT2D eigenvalue weighted by Gasteiger charge is 2.36. The van der Waals surface area contributed by atoms with Gasteiger partial charge in [-0.25, -0.2) is 4.79 Å². The lowest BCUT2D eigenvalue weighted by molar-refractivity contribution is -0.144. The average molecular weight is 242 g/mol. The molecular formula is C12H16ClNO2. The number of nitrogens with two attached hydrogens (primary N) is 1. The van der Waals surface area contributed by atoms with Gasteiger partial charge in [-0.3, -0.25) is 0 Å². The first-order chi connectivity index (χ1) is 7.36. The maximum Gasteiger partial charge on any atom is 0.328 e. The zero-order chi connectivity index (χ0) is 12.3. The number of aliphatic carboxylic acids is 1. The Morgan fingerprint density at radius 2 is 1.94 bits per heavy atom. The normalized spacial score (nSPS) is 14.8. The molecule has 0 amide bonds. The van der Waals surface area contributed by atoms with Crippen LogP contribution in [0, 0.1) is 5.92 Å². The number of hydrogen-bond acceptors (Lipinski definition) is 2. The number of carboxylic acid groups (broad SMARTS) is 1. The molecule has 3 nitrogen and oxygen atoms in total. The Labute approximate surface area is 100 Å². The molecule has 0 spiro atoms. The monoisotopic (exact) mass is 241 g/mol. The van der Waals surface area contributed by atoms with Gasteiger partial charge in [0.1, 0.15) is 5.54 Å². The van der Waals surface area contributed by atoms with Crippen LogP contribution in [0.25, 0.3) is 0 Å². The van der Waals surface area contributed by atoms with E-state index in [4.69, 9.17) is 17.3 Å². The van der Waals surface area contributed by atoms with Crippen molar-refractivity contribution in [2.75, 3.05) is 0 Å². The minimum absolute atomic E-state index is 0.205. The van der Waals surface area contributed by atoms with Crippen molar-refractivity contribution in [2.24, 2.45) is 11.7 Å². The van der Waals surface area contributed by atoms with E-state index in [2.05, 4.69) is 0 Å². The largest absolute Gasteiger partial charge is 0.480 e. The molecule has 0 aromatic heterocycles. The third-order valence-corrected chi connectivity index (χ3v) is 2.72. The van der Waals surface area contributed by atoms with Crippen molar-refractivity contribution in [3.8, 4) is 0 Å². The Balaban J connectivity index is 3.11. The molecule has 4 heteroatoms. The van der Waals surface area contributed by atoms with Crippen LogP contribution in [-0.4, -0.2) is 11.1 Å². The average Bonchev–Trinajstić information content (AvgIpc) is 2.17. The second-order valence-electron chi connectivity index (χ2n) is 4.38. The SMILES string of the molecule is CC(C)C[C@](N)(C(=O)O)c1ccc(Cl)cc1. The Morgan fingerprint density at radius 1 is 1.44 bits per heavy atom. The van der Waals surface area contributed by atoms with Gasteiger partial charge in [0.2, 0.25) is 0 Å². The lowest BCUT2D eigenvalue weighted by Gasteiger charge is -2.27. The van der Waals surface area contributed by atoms with Gasteiger partial charge in [-0.1, -0.05) is 37.6 Å². The molecule has 1 aromatic carbocycles. The van der Waals surface area contributed by atoms with Gasteiger partial charge >= 0.3 is 5.97 Å². The third kappa shape index (κ3) is 2.74. The van der Waals surface area contributed by atoms with E-state index < -0.39 is 11.5 Å². The molecule has 0 saturated heterocycles. The highest BCUT2D eigenvalue weighted by molar-refractivity contribution is 6.30. The summed E-state index contributed by atoms with van der Waals surface area (Å²) in [6.07, 6.45) is 0.393. The molecule has 1 atom stereocenters. The highest BCUT2D eigenvalue weighted by Crippen LogP contribution is 2.27. The first kappa shape index (κ1) is 13.0. The van der Waals surface area contributed by atoms with Crippen LogP contribution in [0.2, 0.25) is 5.02 Å². The van der Waals surface area contributed by atoms with Crippen LogP contribution in [-0.2, 0) is 10.3 Å². The van der Waals surface area contributed by atoms with Gasteiger partial charge in [0.05, 0.1) is 0 Å². The van der Waals surface area contributed by atoms with Gasteiger partial charge in [-0.15, -0.1) is 0 Å². The van der Waals surface area contributed by atoms with E-state index in [0.29, 0.717) is 17.0 Å². The summed E-state index contributed by atoms with van der Waals surface area (Å²) in [5.74, 6) is -0.805. The molecule has 0 aliphatic carbocycles. The summed E-state index contributed by atoms with van der Waals surface area (Å²) in [6, 6.07) is 6.64. The van der Waals surface area contributed by atoms with E-state index in [9.17, 15) is 9.90 Å². The van der Waals surface area contributed by atoms with Crippen molar-refractivity contribution in [2.45, 2.75) is 25.8 Å². The van der Waals surface area contributed by atoms with Crippen molar-refractivity contribution in [3.63, 3.8) is 0 Å². The van der Waals surface area contributed by atoms with Crippen molar-refractivity contribution in [1.82, 2.24) is 0 Å². The summed E-state index contributed by atoms with van der Waals surface area (Å²) in [4.78, 5) is 11.3. The van der Waals surface area contributed by atoms with Gasteiger partial charge in [-0.05, 0) is 30.0 Å². The van der Waals surface area contributed by atoms with Gasteiger partial charge in [0.15, 0.2) is 0 Å². The lowest BCUT2D eigenvalue weighted by atomic mass is 9.83. The van der Waals surface area contributed by atoms with Crippen LogP contribution in [0.1, 0.15) is 25.8 Å². The first-order valence-electron chi connectivity index (χ1n) is 5.14. The van der Waals surface area contributed by atoms with Gasteiger partial charge in [-0.2, -0.15) is 0 Å². The predicted molar refractivity (Wildman–Crippen MR) is 64.4 cm³/mol. The fourth-order valence-corrected chi connectivity index (χ4v) is 1.85. The molecule has 1 aromatic rings. The summed E-state index contributed by atoms with van der Waals surface area (Å²) < 4.78 is 0. The summed E-state index contributed by atoms with van der Waals surface area (Å²) in [5, 5.41) is 9.82. The zero-order valence-corrected chi connectivity index (χ0v) is 10.2. The summed E-state index contributed by atoms with van der Waals surface area (Å²) in [5.41, 5.74) is 5.22. The van der Waals surface area contributed by atoms with Gasteiger partial charge in [0.25, 0.3) is 0 Å². The molecule has 0 bridgehead atoms. The zero-order valence-electron chi connectivity index (χ0n) is 9.40. The Bertz CT molecular complexity index is 375. The number of carbonyl (C=O) groups is 1. The molecule has 3 N–H and O–H groups in total. The summed E-state index contributed by atoms with van der Waals surface area (Å²) >= 11 is 5.76. The smallest absolute Gasteiger partial charge is 0.328 e. The number of halogens is 1. The van der Waals surface area contributed by atoms with Gasteiger partial charge in [0, 0.05) is 5.02 Å². The van der Waals surface area contributed by atoms with Crippen molar-refractivity contribution in [1.29, 1.82) is 0 Å². The first-order valence-corrected chi connectivity index (χ1v) is 5.52. The lowest BCUT2D eigenvalue weighted by Crippen LogP contribution is -2.45. The summed E-state index contributed by atoms with van der Waals surface area (Å²) in [6.45, 7) is 3.89. The second-order valence-corrected chi connectivity index (χ2v) is 4.82. The van der Waals surface area contributed by atoms with E-state index in [0.717, 1.165) is 0 Å². The van der Waals surface area contributed by atoms with E-state index in [-0.39, 0.29) is 5.92 Å². The molecule has 0 saturated carbocycles. The topological polar surface area (TPSA) is 63.3 Å². The number of carboxylic acids is 1. The maximum absolute atomic E-state index is 11.3. The van der Waals surface area contributed by atoms with E-state index in [1.807, 2.05) is 13.8 Å². The molecule has 16 heavy (non-hydrogen) atoms. The van der Waals surface area contributed by atoms with E-state index in [1.165, 1.54) is 0 Å². The van der Waals surface area contributed by atoms with Crippen LogP contribution >= 0.6 is 11.6 Å². The van der Waals surface area contributed by atoms with Crippen molar-refractivity contribution < 1.29 is 9.90 Å². The molecule has 0 radical (unpaired) electrons. The summed E-state index contributed by atoms with van der Waals surface area (Å²) in [7, 11) is 0. The van der Waals surface area contributed by atoms with Gasteiger partial charge < -0.3 is 10.8 Å². The van der Waals surface area contributed by atoms with Crippen LogP contribution in [0.5, 0.6) is 0 Å². The molecule has 0 heterocycles. The van der Waals surface area contributed by atoms with Crippen LogP contribution in [0.15, 0.2) is 24.3 Å². The molecule has 0 aliphatic heterocycles. The Hall–Kier alpha value is -1.06. The van der Waals surface area contributed by atoms with Crippen LogP contribution < -0.4 is 5.73 Å². The van der Waals surface area contributed by atoms with Crippen LogP contribution in [0.4, 0.5) is 0 Å². The van der Waals surface area contributed by atoms with Crippen molar-refractivity contribution >= 4 is 17.6 Å². The van der Waals surface area contributed by atoms with E-state index in [1.54, 1.807) is 24.3 Å². The Morgan fingerprint density at radius 3 is 2.31 bits per heavy atom. The molecule has 88 valence electrons. The maximum atomic E-state index is 11.3.